The summed E-state index contributed by atoms with van der Waals surface area (Å²) in [6.07, 6.45) is 1.39. The van der Waals surface area contributed by atoms with Crippen molar-refractivity contribution in [2.45, 2.75) is 26.3 Å². The average molecular weight is 347 g/mol. The third-order valence-corrected chi connectivity index (χ3v) is 4.65. The number of hydrogen-bond donors (Lipinski definition) is 1. The minimum Gasteiger partial charge on any atom is -0.381 e. The van der Waals surface area contributed by atoms with Gasteiger partial charge < -0.3 is 15.4 Å². The van der Waals surface area contributed by atoms with Crippen molar-refractivity contribution in [3.05, 3.63) is 34.9 Å². The Labute approximate surface area is 143 Å². The van der Waals surface area contributed by atoms with E-state index in [0.717, 1.165) is 5.56 Å². The molecule has 2 N–H and O–H groups in total. The molecule has 0 radical (unpaired) electrons. The highest BCUT2D eigenvalue weighted by molar-refractivity contribution is 6.31. The van der Waals surface area contributed by atoms with Crippen molar-refractivity contribution < 1.29 is 9.53 Å². The van der Waals surface area contributed by atoms with Crippen LogP contribution in [0.25, 0.3) is 0 Å². The summed E-state index contributed by atoms with van der Waals surface area (Å²) in [5.41, 5.74) is 6.42. The van der Waals surface area contributed by atoms with E-state index in [1.54, 1.807) is 0 Å². The SMILES string of the molecule is CCN(Cc1ccccc1Cl)C(=O)C1(CN)CCOCC1.Cl. The van der Waals surface area contributed by atoms with Gasteiger partial charge in [-0.15, -0.1) is 12.4 Å². The maximum atomic E-state index is 12.9. The number of nitrogens with two attached hydrogens (primary N) is 1. The molecular formula is C16H24Cl2N2O2. The highest BCUT2D eigenvalue weighted by atomic mass is 35.5. The topological polar surface area (TPSA) is 55.6 Å². The Kier molecular flexibility index (Phi) is 7.63. The predicted molar refractivity (Wildman–Crippen MR) is 91.3 cm³/mol. The average Bonchev–Trinajstić information content (AvgIpc) is 2.54. The Morgan fingerprint density at radius 1 is 1.36 bits per heavy atom. The van der Waals surface area contributed by atoms with Crippen LogP contribution in [-0.4, -0.2) is 37.1 Å². The Morgan fingerprint density at radius 3 is 2.55 bits per heavy atom. The number of ether oxygens (including phenoxy) is 1. The maximum absolute atomic E-state index is 12.9. The lowest BCUT2D eigenvalue weighted by molar-refractivity contribution is -0.147. The van der Waals surface area contributed by atoms with E-state index >= 15 is 0 Å². The zero-order chi connectivity index (χ0) is 15.3. The molecule has 0 aromatic heterocycles. The Morgan fingerprint density at radius 2 is 2.00 bits per heavy atom. The van der Waals surface area contributed by atoms with Gasteiger partial charge in [-0.2, -0.15) is 0 Å². The normalized spacial score (nSPS) is 16.7. The van der Waals surface area contributed by atoms with Gasteiger partial charge in [-0.25, -0.2) is 0 Å². The zero-order valence-electron chi connectivity index (χ0n) is 12.9. The van der Waals surface area contributed by atoms with E-state index in [9.17, 15) is 4.79 Å². The van der Waals surface area contributed by atoms with Crippen LogP contribution in [0, 0.1) is 5.41 Å². The summed E-state index contributed by atoms with van der Waals surface area (Å²) in [6, 6.07) is 7.64. The molecule has 1 aliphatic rings. The van der Waals surface area contributed by atoms with Crippen molar-refractivity contribution >= 4 is 29.9 Å². The van der Waals surface area contributed by atoms with Crippen LogP contribution in [0.5, 0.6) is 0 Å². The van der Waals surface area contributed by atoms with Gasteiger partial charge in [0.1, 0.15) is 0 Å². The van der Waals surface area contributed by atoms with Gasteiger partial charge in [0.2, 0.25) is 5.91 Å². The number of nitrogens with zero attached hydrogens (tertiary/aromatic N) is 1. The van der Waals surface area contributed by atoms with Crippen molar-refractivity contribution in [3.8, 4) is 0 Å². The fourth-order valence-corrected chi connectivity index (χ4v) is 2.96. The third-order valence-electron chi connectivity index (χ3n) is 4.28. The van der Waals surface area contributed by atoms with E-state index in [0.29, 0.717) is 50.7 Å². The molecule has 0 spiro atoms. The summed E-state index contributed by atoms with van der Waals surface area (Å²) in [6.45, 7) is 4.73. The van der Waals surface area contributed by atoms with Gasteiger partial charge in [0.15, 0.2) is 0 Å². The van der Waals surface area contributed by atoms with Crippen molar-refractivity contribution in [3.63, 3.8) is 0 Å². The highest BCUT2D eigenvalue weighted by Crippen LogP contribution is 2.32. The summed E-state index contributed by atoms with van der Waals surface area (Å²) in [5, 5.41) is 0.692. The van der Waals surface area contributed by atoms with Crippen molar-refractivity contribution in [2.24, 2.45) is 11.1 Å². The fourth-order valence-electron chi connectivity index (χ4n) is 2.76. The van der Waals surface area contributed by atoms with E-state index in [1.165, 1.54) is 0 Å². The van der Waals surface area contributed by atoms with E-state index in [1.807, 2.05) is 36.1 Å². The number of rotatable bonds is 5. The van der Waals surface area contributed by atoms with Gasteiger partial charge >= 0.3 is 0 Å². The van der Waals surface area contributed by atoms with Gasteiger partial charge in [-0.3, -0.25) is 4.79 Å². The first kappa shape index (κ1) is 19.2. The number of halogens is 2. The molecule has 1 fully saturated rings. The Balaban J connectivity index is 0.00000242. The number of hydrogen-bond acceptors (Lipinski definition) is 3. The van der Waals surface area contributed by atoms with E-state index in [-0.39, 0.29) is 18.3 Å². The second kappa shape index (κ2) is 8.73. The molecule has 0 unspecified atom stereocenters. The molecule has 22 heavy (non-hydrogen) atoms. The van der Waals surface area contributed by atoms with Gasteiger partial charge in [-0.05, 0) is 31.4 Å². The molecule has 0 atom stereocenters. The van der Waals surface area contributed by atoms with Gasteiger partial charge in [0.05, 0.1) is 5.41 Å². The predicted octanol–water partition coefficient (Wildman–Crippen LogP) is 2.87. The standard InChI is InChI=1S/C16H23ClN2O2.ClH/c1-2-19(11-13-5-3-4-6-14(13)17)15(20)16(12-18)7-9-21-10-8-16;/h3-6H,2,7-12,18H2,1H3;1H. The summed E-state index contributed by atoms with van der Waals surface area (Å²) >= 11 is 6.20. The van der Waals surface area contributed by atoms with Crippen molar-refractivity contribution in [1.82, 2.24) is 4.90 Å². The van der Waals surface area contributed by atoms with Crippen molar-refractivity contribution in [2.75, 3.05) is 26.3 Å². The molecule has 1 saturated heterocycles. The van der Waals surface area contributed by atoms with Crippen LogP contribution in [0.1, 0.15) is 25.3 Å². The van der Waals surface area contributed by atoms with E-state index in [2.05, 4.69) is 0 Å². The van der Waals surface area contributed by atoms with E-state index in [4.69, 9.17) is 22.1 Å². The first-order valence-corrected chi connectivity index (χ1v) is 7.81. The molecule has 0 aliphatic carbocycles. The van der Waals surface area contributed by atoms with Crippen LogP contribution in [0.2, 0.25) is 5.02 Å². The number of carbonyl (C=O) groups is 1. The second-order valence-electron chi connectivity index (χ2n) is 5.51. The summed E-state index contributed by atoms with van der Waals surface area (Å²) < 4.78 is 5.38. The maximum Gasteiger partial charge on any atom is 0.230 e. The molecule has 1 aromatic rings. The minimum absolute atomic E-state index is 0. The molecule has 1 amide bonds. The molecule has 4 nitrogen and oxygen atoms in total. The van der Waals surface area contributed by atoms with Gasteiger partial charge in [-0.1, -0.05) is 29.8 Å². The molecule has 0 bridgehead atoms. The molecule has 1 aromatic carbocycles. The van der Waals surface area contributed by atoms with Gasteiger partial charge in [0.25, 0.3) is 0 Å². The first-order chi connectivity index (χ1) is 10.1. The second-order valence-corrected chi connectivity index (χ2v) is 5.91. The molecule has 1 heterocycles. The minimum atomic E-state index is -0.477. The van der Waals surface area contributed by atoms with Gasteiger partial charge in [0, 0.05) is 37.9 Å². The molecule has 124 valence electrons. The first-order valence-electron chi connectivity index (χ1n) is 7.43. The van der Waals surface area contributed by atoms with Crippen LogP contribution < -0.4 is 5.73 Å². The van der Waals surface area contributed by atoms with Crippen molar-refractivity contribution in [1.29, 1.82) is 0 Å². The molecule has 6 heteroatoms. The van der Waals surface area contributed by atoms with E-state index < -0.39 is 5.41 Å². The molecule has 0 saturated carbocycles. The zero-order valence-corrected chi connectivity index (χ0v) is 14.5. The summed E-state index contributed by atoms with van der Waals surface area (Å²) in [4.78, 5) is 14.8. The number of carbonyl (C=O) groups excluding carboxylic acids is 1. The smallest absolute Gasteiger partial charge is 0.230 e. The largest absolute Gasteiger partial charge is 0.381 e. The van der Waals surface area contributed by atoms with Crippen LogP contribution >= 0.6 is 24.0 Å². The monoisotopic (exact) mass is 346 g/mol. The lowest BCUT2D eigenvalue weighted by atomic mass is 9.78. The third kappa shape index (κ3) is 4.13. The molecule has 1 aliphatic heterocycles. The summed E-state index contributed by atoms with van der Waals surface area (Å²) in [5.74, 6) is 0.121. The number of benzene rings is 1. The Bertz CT molecular complexity index is 491. The number of amides is 1. The lowest BCUT2D eigenvalue weighted by Gasteiger charge is -2.38. The van der Waals surface area contributed by atoms with Crippen LogP contribution in [0.4, 0.5) is 0 Å². The van der Waals surface area contributed by atoms with Crippen LogP contribution in [0.3, 0.4) is 0 Å². The fraction of sp³-hybridized carbons (Fsp3) is 0.562. The lowest BCUT2D eigenvalue weighted by Crippen LogP contribution is -2.50. The highest BCUT2D eigenvalue weighted by Gasteiger charge is 2.41. The molecule has 2 rings (SSSR count). The molecular weight excluding hydrogens is 323 g/mol. The summed E-state index contributed by atoms with van der Waals surface area (Å²) in [7, 11) is 0. The van der Waals surface area contributed by atoms with Crippen LogP contribution in [-0.2, 0) is 16.1 Å². The Hall–Kier alpha value is -0.810. The quantitative estimate of drug-likeness (QED) is 0.891. The van der Waals surface area contributed by atoms with Crippen LogP contribution in [0.15, 0.2) is 24.3 Å².